The zero-order valence-electron chi connectivity index (χ0n) is 15.1. The number of aromatic nitrogens is 3. The van der Waals surface area contributed by atoms with E-state index in [4.69, 9.17) is 27.9 Å². The highest BCUT2D eigenvalue weighted by Crippen LogP contribution is 2.19. The fourth-order valence-corrected chi connectivity index (χ4v) is 3.33. The van der Waals surface area contributed by atoms with Crippen LogP contribution in [0.15, 0.2) is 53.7 Å². The van der Waals surface area contributed by atoms with Crippen LogP contribution in [0.2, 0.25) is 10.0 Å². The molecule has 1 amide bonds. The lowest BCUT2D eigenvalue weighted by Gasteiger charge is -2.07. The van der Waals surface area contributed by atoms with E-state index in [0.29, 0.717) is 33.9 Å². The number of halogens is 2. The van der Waals surface area contributed by atoms with Crippen LogP contribution in [0.25, 0.3) is 0 Å². The van der Waals surface area contributed by atoms with Crippen molar-refractivity contribution < 1.29 is 9.53 Å². The predicted molar refractivity (Wildman–Crippen MR) is 112 cm³/mol. The number of nitrogens with one attached hydrogen (secondary N) is 1. The van der Waals surface area contributed by atoms with Crippen molar-refractivity contribution in [3.8, 4) is 5.75 Å². The van der Waals surface area contributed by atoms with Crippen LogP contribution in [0.5, 0.6) is 5.75 Å². The minimum Gasteiger partial charge on any atom is -0.493 e. The molecule has 1 aromatic heterocycles. The first-order valence-electron chi connectivity index (χ1n) is 8.46. The Hall–Kier alpha value is -2.22. The van der Waals surface area contributed by atoms with E-state index < -0.39 is 0 Å². The quantitative estimate of drug-likeness (QED) is 0.416. The summed E-state index contributed by atoms with van der Waals surface area (Å²) in [6, 6.07) is 14.2. The summed E-state index contributed by atoms with van der Waals surface area (Å²) in [6.07, 6.45) is 0.133. The Kier molecular flexibility index (Phi) is 7.19. The molecule has 3 rings (SSSR count). The molecule has 0 bridgehead atoms. The van der Waals surface area contributed by atoms with Gasteiger partial charge in [0.15, 0.2) is 5.16 Å². The van der Waals surface area contributed by atoms with Gasteiger partial charge in [0.1, 0.15) is 11.6 Å². The van der Waals surface area contributed by atoms with Gasteiger partial charge in [0.05, 0.1) is 13.0 Å². The van der Waals surface area contributed by atoms with Crippen LogP contribution in [0.4, 0.5) is 5.69 Å². The average Bonchev–Trinajstić information content (AvgIpc) is 3.02. The molecule has 3 aromatic rings. The number of amides is 1. The van der Waals surface area contributed by atoms with Crippen LogP contribution in [0, 0.1) is 0 Å². The molecule has 0 radical (unpaired) electrons. The number of benzene rings is 2. The molecule has 28 heavy (non-hydrogen) atoms. The lowest BCUT2D eigenvalue weighted by molar-refractivity contribution is -0.115. The molecule has 0 aliphatic heterocycles. The molecule has 0 unspecified atom stereocenters. The van der Waals surface area contributed by atoms with Crippen LogP contribution < -0.4 is 10.1 Å². The number of ether oxygens (including phenoxy) is 1. The number of rotatable bonds is 8. The summed E-state index contributed by atoms with van der Waals surface area (Å²) in [5, 5.41) is 13.1. The highest BCUT2D eigenvalue weighted by Gasteiger charge is 2.13. The van der Waals surface area contributed by atoms with E-state index in [1.54, 1.807) is 36.4 Å². The molecular weight excluding hydrogens is 419 g/mol. The summed E-state index contributed by atoms with van der Waals surface area (Å²) in [7, 11) is 1.84. The summed E-state index contributed by atoms with van der Waals surface area (Å²) >= 11 is 13.2. The lowest BCUT2D eigenvalue weighted by atomic mass is 10.3. The molecule has 6 nitrogen and oxygen atoms in total. The summed E-state index contributed by atoms with van der Waals surface area (Å²) in [6.45, 7) is 0.519. The smallest absolute Gasteiger partial charge is 0.232 e. The maximum atomic E-state index is 12.2. The topological polar surface area (TPSA) is 69.0 Å². The maximum absolute atomic E-state index is 12.2. The zero-order valence-corrected chi connectivity index (χ0v) is 17.4. The highest BCUT2D eigenvalue weighted by atomic mass is 35.5. The summed E-state index contributed by atoms with van der Waals surface area (Å²) in [4.78, 5) is 12.2. The van der Waals surface area contributed by atoms with Crippen molar-refractivity contribution in [3.63, 3.8) is 0 Å². The third-order valence-electron chi connectivity index (χ3n) is 3.77. The molecule has 0 saturated carbocycles. The van der Waals surface area contributed by atoms with E-state index in [1.807, 2.05) is 23.7 Å². The van der Waals surface area contributed by atoms with Gasteiger partial charge in [0.2, 0.25) is 5.91 Å². The Morgan fingerprint density at radius 3 is 2.39 bits per heavy atom. The monoisotopic (exact) mass is 436 g/mol. The number of carbonyl (C=O) groups is 1. The van der Waals surface area contributed by atoms with Crippen LogP contribution in [-0.4, -0.2) is 33.0 Å². The van der Waals surface area contributed by atoms with E-state index in [-0.39, 0.29) is 12.3 Å². The van der Waals surface area contributed by atoms with E-state index in [2.05, 4.69) is 15.5 Å². The lowest BCUT2D eigenvalue weighted by Crippen LogP contribution is -2.17. The molecular formula is C19H18Cl2N4O2S. The standard InChI is InChI=1S/C19H18Cl2N4O2S/c1-25-17(12-18(26)22-15-6-2-13(20)3-7-15)23-24-19(25)28-11-10-27-16-8-4-14(21)5-9-16/h2-9H,10-12H2,1H3,(H,22,26). The number of thioether (sulfide) groups is 1. The number of carbonyl (C=O) groups excluding carboxylic acids is 1. The Labute approximate surface area is 177 Å². The summed E-state index contributed by atoms with van der Waals surface area (Å²) in [5.41, 5.74) is 0.686. The van der Waals surface area contributed by atoms with Gasteiger partial charge >= 0.3 is 0 Å². The van der Waals surface area contributed by atoms with Crippen molar-refractivity contribution >= 4 is 46.6 Å². The second-order valence-corrected chi connectivity index (χ2v) is 7.78. The Balaban J connectivity index is 1.47. The van der Waals surface area contributed by atoms with Crippen molar-refractivity contribution in [2.45, 2.75) is 11.6 Å². The van der Waals surface area contributed by atoms with Crippen molar-refractivity contribution in [2.75, 3.05) is 17.7 Å². The van der Waals surface area contributed by atoms with Crippen LogP contribution >= 0.6 is 35.0 Å². The van der Waals surface area contributed by atoms with Gasteiger partial charge < -0.3 is 14.6 Å². The number of nitrogens with zero attached hydrogens (tertiary/aromatic N) is 3. The molecule has 1 heterocycles. The van der Waals surface area contributed by atoms with Crippen molar-refractivity contribution in [2.24, 2.45) is 7.05 Å². The third-order valence-corrected chi connectivity index (χ3v) is 5.26. The molecule has 0 saturated heterocycles. The predicted octanol–water partition coefficient (Wildman–Crippen LogP) is 4.47. The van der Waals surface area contributed by atoms with Crippen LogP contribution in [0.1, 0.15) is 5.82 Å². The van der Waals surface area contributed by atoms with Gasteiger partial charge in [-0.05, 0) is 48.5 Å². The molecule has 0 fully saturated rings. The van der Waals surface area contributed by atoms with Gasteiger partial charge in [-0.15, -0.1) is 10.2 Å². The molecule has 1 N–H and O–H groups in total. The molecule has 0 spiro atoms. The molecule has 2 aromatic carbocycles. The van der Waals surface area contributed by atoms with Gasteiger partial charge in [-0.25, -0.2) is 0 Å². The number of hydrogen-bond acceptors (Lipinski definition) is 5. The van der Waals surface area contributed by atoms with E-state index in [9.17, 15) is 4.79 Å². The van der Waals surface area contributed by atoms with E-state index in [0.717, 1.165) is 10.9 Å². The van der Waals surface area contributed by atoms with Crippen LogP contribution in [0.3, 0.4) is 0 Å². The molecule has 0 aliphatic carbocycles. The first-order valence-corrected chi connectivity index (χ1v) is 10.2. The summed E-state index contributed by atoms with van der Waals surface area (Å²) in [5.74, 6) is 1.89. The first kappa shape index (κ1) is 20.5. The molecule has 0 aliphatic rings. The minimum atomic E-state index is -0.166. The van der Waals surface area contributed by atoms with Crippen molar-refractivity contribution in [1.82, 2.24) is 14.8 Å². The number of hydrogen-bond donors (Lipinski definition) is 1. The zero-order chi connectivity index (χ0) is 19.9. The van der Waals surface area contributed by atoms with Crippen molar-refractivity contribution in [3.05, 3.63) is 64.4 Å². The molecule has 146 valence electrons. The minimum absolute atomic E-state index is 0.133. The molecule has 0 atom stereocenters. The fourth-order valence-electron chi connectivity index (χ4n) is 2.33. The average molecular weight is 437 g/mol. The van der Waals surface area contributed by atoms with E-state index in [1.165, 1.54) is 11.8 Å². The van der Waals surface area contributed by atoms with Gasteiger partial charge in [-0.2, -0.15) is 0 Å². The normalized spacial score (nSPS) is 10.7. The Morgan fingerprint density at radius 2 is 1.71 bits per heavy atom. The SMILES string of the molecule is Cn1c(CC(=O)Nc2ccc(Cl)cc2)nnc1SCCOc1ccc(Cl)cc1. The maximum Gasteiger partial charge on any atom is 0.232 e. The van der Waals surface area contributed by atoms with Gasteiger partial charge in [0, 0.05) is 28.5 Å². The van der Waals surface area contributed by atoms with Gasteiger partial charge in [0.25, 0.3) is 0 Å². The second-order valence-electron chi connectivity index (χ2n) is 5.84. The number of anilines is 1. The van der Waals surface area contributed by atoms with E-state index >= 15 is 0 Å². The van der Waals surface area contributed by atoms with Gasteiger partial charge in [-0.1, -0.05) is 35.0 Å². The highest BCUT2D eigenvalue weighted by molar-refractivity contribution is 7.99. The molecule has 9 heteroatoms. The largest absolute Gasteiger partial charge is 0.493 e. The summed E-state index contributed by atoms with van der Waals surface area (Å²) < 4.78 is 7.47. The van der Waals surface area contributed by atoms with Gasteiger partial charge in [-0.3, -0.25) is 4.79 Å². The Bertz CT molecular complexity index is 930. The van der Waals surface area contributed by atoms with Crippen LogP contribution in [-0.2, 0) is 18.3 Å². The third kappa shape index (κ3) is 5.89. The van der Waals surface area contributed by atoms with Crippen molar-refractivity contribution in [1.29, 1.82) is 0 Å². The Morgan fingerprint density at radius 1 is 1.07 bits per heavy atom. The fraction of sp³-hybridized carbons (Fsp3) is 0.211. The second kappa shape index (κ2) is 9.82. The first-order chi connectivity index (χ1) is 13.5.